The molecule has 0 bridgehead atoms. The van der Waals surface area contributed by atoms with Crippen molar-refractivity contribution in [3.8, 4) is 5.75 Å². The Bertz CT molecular complexity index is 807. The predicted molar refractivity (Wildman–Crippen MR) is 107 cm³/mol. The average molecular weight is 365 g/mol. The van der Waals surface area contributed by atoms with E-state index in [1.165, 1.54) is 17.5 Å². The topological polar surface area (TPSA) is 55.4 Å². The zero-order chi connectivity index (χ0) is 19.2. The van der Waals surface area contributed by atoms with E-state index in [1.807, 2.05) is 26.0 Å². The number of carbonyl (C=O) groups excluding carboxylic acids is 2. The number of aryl methyl sites for hydroxylation is 1. The number of amides is 1. The molecule has 0 radical (unpaired) electrons. The smallest absolute Gasteiger partial charge is 0.314 e. The molecule has 0 unspecified atom stereocenters. The fourth-order valence-electron chi connectivity index (χ4n) is 3.59. The van der Waals surface area contributed by atoms with Crippen LogP contribution in [0.15, 0.2) is 42.5 Å². The quantitative estimate of drug-likeness (QED) is 0.568. The molecule has 4 nitrogen and oxygen atoms in total. The minimum atomic E-state index is -0.215. The van der Waals surface area contributed by atoms with Crippen LogP contribution in [0.25, 0.3) is 0 Å². The summed E-state index contributed by atoms with van der Waals surface area (Å²) >= 11 is 0. The molecule has 0 fully saturated rings. The summed E-state index contributed by atoms with van der Waals surface area (Å²) in [6, 6.07) is 12.9. The van der Waals surface area contributed by atoms with Gasteiger partial charge < -0.3 is 10.1 Å². The van der Waals surface area contributed by atoms with Crippen molar-refractivity contribution in [2.24, 2.45) is 5.92 Å². The van der Waals surface area contributed by atoms with E-state index in [4.69, 9.17) is 4.74 Å². The lowest BCUT2D eigenvalue weighted by Gasteiger charge is -2.19. The maximum Gasteiger partial charge on any atom is 0.314 e. The first kappa shape index (κ1) is 19.2. The molecule has 1 aliphatic rings. The summed E-state index contributed by atoms with van der Waals surface area (Å²) in [4.78, 5) is 24.7. The average Bonchev–Trinajstić information content (AvgIpc) is 2.70. The molecule has 1 N–H and O–H groups in total. The van der Waals surface area contributed by atoms with Crippen LogP contribution in [0.2, 0.25) is 0 Å². The van der Waals surface area contributed by atoms with Crippen LogP contribution in [0.3, 0.4) is 0 Å². The summed E-state index contributed by atoms with van der Waals surface area (Å²) in [7, 11) is 0. The third kappa shape index (κ3) is 4.57. The second-order valence-corrected chi connectivity index (χ2v) is 7.06. The van der Waals surface area contributed by atoms with E-state index in [0.29, 0.717) is 11.3 Å². The fraction of sp³-hybridized carbons (Fsp3) is 0.391. The molecule has 0 aliphatic heterocycles. The van der Waals surface area contributed by atoms with Crippen LogP contribution < -0.4 is 10.1 Å². The van der Waals surface area contributed by atoms with Gasteiger partial charge in [0.15, 0.2) is 0 Å². The van der Waals surface area contributed by atoms with Crippen LogP contribution in [-0.2, 0) is 17.6 Å². The van der Waals surface area contributed by atoms with Gasteiger partial charge in [-0.25, -0.2) is 0 Å². The Morgan fingerprint density at radius 1 is 1.00 bits per heavy atom. The number of hydrogen-bond acceptors (Lipinski definition) is 3. The van der Waals surface area contributed by atoms with Gasteiger partial charge >= 0.3 is 5.97 Å². The molecular weight excluding hydrogens is 338 g/mol. The van der Waals surface area contributed by atoms with E-state index >= 15 is 0 Å². The number of benzene rings is 2. The Hall–Kier alpha value is -2.62. The van der Waals surface area contributed by atoms with Gasteiger partial charge in [-0.2, -0.15) is 0 Å². The predicted octanol–water partition coefficient (Wildman–Crippen LogP) is 5.16. The molecule has 0 saturated heterocycles. The van der Waals surface area contributed by atoms with E-state index in [9.17, 15) is 9.59 Å². The zero-order valence-corrected chi connectivity index (χ0v) is 16.1. The summed E-state index contributed by atoms with van der Waals surface area (Å²) in [5.41, 5.74) is 4.04. The van der Waals surface area contributed by atoms with Crippen molar-refractivity contribution >= 4 is 17.6 Å². The first-order chi connectivity index (χ1) is 13.1. The molecule has 0 saturated carbocycles. The second-order valence-electron chi connectivity index (χ2n) is 7.06. The Morgan fingerprint density at radius 3 is 2.41 bits per heavy atom. The minimum absolute atomic E-state index is 0.0859. The number of hydrogen-bond donors (Lipinski definition) is 1. The molecule has 4 heteroatoms. The molecular formula is C23H27NO3. The standard InChI is InChI=1S/C23H27NO3/c1-3-16(4-2)23(26)27-19-14-12-18(13-15-19)22(25)24-21-11-7-9-17-8-5-6-10-20(17)21/h7,9,11-16H,3-6,8,10H2,1-2H3,(H,24,25). The van der Waals surface area contributed by atoms with Gasteiger partial charge in [0.25, 0.3) is 5.91 Å². The summed E-state index contributed by atoms with van der Waals surface area (Å²) < 4.78 is 5.42. The number of carbonyl (C=O) groups is 2. The van der Waals surface area contributed by atoms with Gasteiger partial charge in [0.05, 0.1) is 5.92 Å². The van der Waals surface area contributed by atoms with Crippen molar-refractivity contribution in [1.29, 1.82) is 0 Å². The fourth-order valence-corrected chi connectivity index (χ4v) is 3.59. The number of rotatable bonds is 6. The highest BCUT2D eigenvalue weighted by Crippen LogP contribution is 2.28. The monoisotopic (exact) mass is 365 g/mol. The molecule has 0 heterocycles. The number of fused-ring (bicyclic) bond motifs is 1. The molecule has 0 aromatic heterocycles. The van der Waals surface area contributed by atoms with Gasteiger partial charge in [-0.15, -0.1) is 0 Å². The number of esters is 1. The Labute approximate surface area is 160 Å². The SMILES string of the molecule is CCC(CC)C(=O)Oc1ccc(C(=O)Nc2cccc3c2CCCC3)cc1. The summed E-state index contributed by atoms with van der Waals surface area (Å²) in [6.07, 6.45) is 5.98. The van der Waals surface area contributed by atoms with Crippen molar-refractivity contribution in [2.45, 2.75) is 52.4 Å². The number of anilines is 1. The molecule has 1 amide bonds. The van der Waals surface area contributed by atoms with Crippen molar-refractivity contribution in [1.82, 2.24) is 0 Å². The van der Waals surface area contributed by atoms with Crippen LogP contribution in [-0.4, -0.2) is 11.9 Å². The first-order valence-electron chi connectivity index (χ1n) is 9.86. The van der Waals surface area contributed by atoms with Gasteiger partial charge in [0.2, 0.25) is 0 Å². The largest absolute Gasteiger partial charge is 0.426 e. The molecule has 1 aliphatic carbocycles. The highest BCUT2D eigenvalue weighted by molar-refractivity contribution is 6.04. The van der Waals surface area contributed by atoms with Crippen LogP contribution >= 0.6 is 0 Å². The lowest BCUT2D eigenvalue weighted by Crippen LogP contribution is -2.19. The van der Waals surface area contributed by atoms with E-state index in [1.54, 1.807) is 24.3 Å². The van der Waals surface area contributed by atoms with Gasteiger partial charge in [-0.05, 0) is 80.0 Å². The third-order valence-corrected chi connectivity index (χ3v) is 5.30. The normalized spacial score (nSPS) is 13.1. The molecule has 27 heavy (non-hydrogen) atoms. The highest BCUT2D eigenvalue weighted by atomic mass is 16.5. The van der Waals surface area contributed by atoms with E-state index < -0.39 is 0 Å². The van der Waals surface area contributed by atoms with Crippen LogP contribution in [0.1, 0.15) is 61.0 Å². The van der Waals surface area contributed by atoms with Gasteiger partial charge in [-0.1, -0.05) is 26.0 Å². The zero-order valence-electron chi connectivity index (χ0n) is 16.1. The molecule has 0 atom stereocenters. The molecule has 2 aromatic rings. The molecule has 2 aromatic carbocycles. The summed E-state index contributed by atoms with van der Waals surface area (Å²) in [6.45, 7) is 3.95. The first-order valence-corrected chi connectivity index (χ1v) is 9.86. The lowest BCUT2D eigenvalue weighted by molar-refractivity contribution is -0.139. The molecule has 3 rings (SSSR count). The van der Waals surface area contributed by atoms with Gasteiger partial charge in [-0.3, -0.25) is 9.59 Å². The minimum Gasteiger partial charge on any atom is -0.426 e. The third-order valence-electron chi connectivity index (χ3n) is 5.30. The maximum atomic E-state index is 12.6. The van der Waals surface area contributed by atoms with Crippen molar-refractivity contribution in [3.05, 3.63) is 59.2 Å². The van der Waals surface area contributed by atoms with Crippen molar-refractivity contribution < 1.29 is 14.3 Å². The van der Waals surface area contributed by atoms with Crippen molar-refractivity contribution in [3.63, 3.8) is 0 Å². The maximum absolute atomic E-state index is 12.6. The highest BCUT2D eigenvalue weighted by Gasteiger charge is 2.17. The Balaban J connectivity index is 1.67. The van der Waals surface area contributed by atoms with Crippen LogP contribution in [0.5, 0.6) is 5.75 Å². The van der Waals surface area contributed by atoms with E-state index in [2.05, 4.69) is 11.4 Å². The van der Waals surface area contributed by atoms with Crippen LogP contribution in [0.4, 0.5) is 5.69 Å². The molecule has 142 valence electrons. The second kappa shape index (κ2) is 8.85. The van der Waals surface area contributed by atoms with E-state index in [0.717, 1.165) is 37.8 Å². The van der Waals surface area contributed by atoms with Crippen LogP contribution in [0, 0.1) is 5.92 Å². The van der Waals surface area contributed by atoms with Gasteiger partial charge in [0, 0.05) is 11.3 Å². The number of nitrogens with one attached hydrogen (secondary N) is 1. The van der Waals surface area contributed by atoms with Gasteiger partial charge in [0.1, 0.15) is 5.75 Å². The molecule has 0 spiro atoms. The number of ether oxygens (including phenoxy) is 1. The summed E-state index contributed by atoms with van der Waals surface area (Å²) in [5, 5.41) is 3.04. The summed E-state index contributed by atoms with van der Waals surface area (Å²) in [5.74, 6) is 0.0257. The Morgan fingerprint density at radius 2 is 1.70 bits per heavy atom. The lowest BCUT2D eigenvalue weighted by atomic mass is 9.90. The van der Waals surface area contributed by atoms with Crippen molar-refractivity contribution in [2.75, 3.05) is 5.32 Å². The van der Waals surface area contributed by atoms with E-state index in [-0.39, 0.29) is 17.8 Å². The Kier molecular flexibility index (Phi) is 6.28.